The van der Waals surface area contributed by atoms with Crippen LogP contribution in [0.1, 0.15) is 48.9 Å². The number of rotatable bonds is 6. The Morgan fingerprint density at radius 2 is 1.90 bits per heavy atom. The van der Waals surface area contributed by atoms with E-state index in [1.54, 1.807) is 16.8 Å². The van der Waals surface area contributed by atoms with Gasteiger partial charge in [0.05, 0.1) is 35.1 Å². The third-order valence-electron chi connectivity index (χ3n) is 5.99. The molecule has 196 valence electrons. The van der Waals surface area contributed by atoms with Crippen molar-refractivity contribution in [2.45, 2.75) is 54.9 Å². The van der Waals surface area contributed by atoms with Crippen molar-refractivity contribution in [3.05, 3.63) is 65.5 Å². The van der Waals surface area contributed by atoms with Crippen molar-refractivity contribution < 1.29 is 48.0 Å². The number of hydrogen-bond donors (Lipinski definition) is 2. The smallest absolute Gasteiger partial charge is 0.785 e. The number of halogens is 1. The van der Waals surface area contributed by atoms with Gasteiger partial charge in [0, 0.05) is 32.8 Å². The molecule has 3 heterocycles. The molecule has 0 spiro atoms. The van der Waals surface area contributed by atoms with Crippen LogP contribution in [0.5, 0.6) is 0 Å². The normalized spacial score (nSPS) is 14.0. The first-order valence-corrected chi connectivity index (χ1v) is 13.6. The molecule has 3 aromatic heterocycles. The summed E-state index contributed by atoms with van der Waals surface area (Å²) >= 11 is 1.30. The predicted molar refractivity (Wildman–Crippen MR) is 138 cm³/mol. The van der Waals surface area contributed by atoms with Gasteiger partial charge in [-0.3, -0.25) is 9.72 Å². The Balaban J connectivity index is 0.000000297. The fourth-order valence-electron chi connectivity index (χ4n) is 4.15. The van der Waals surface area contributed by atoms with Crippen molar-refractivity contribution in [3.63, 3.8) is 0 Å². The van der Waals surface area contributed by atoms with Crippen LogP contribution < -0.4 is 40.3 Å². The van der Waals surface area contributed by atoms with E-state index in [4.69, 9.17) is 4.52 Å². The minimum Gasteiger partial charge on any atom is -0.785 e. The molecule has 1 fully saturated rings. The number of nitriles is 2. The van der Waals surface area contributed by atoms with Crippen LogP contribution in [0, 0.1) is 35.4 Å². The number of aryl methyl sites for hydroxylation is 1. The first-order valence-electron chi connectivity index (χ1n) is 11.7. The topological polar surface area (TPSA) is 161 Å². The van der Waals surface area contributed by atoms with Crippen molar-refractivity contribution in [3.8, 4) is 23.3 Å². The maximum Gasteiger partial charge on any atom is 1.00 e. The Hall–Kier alpha value is -2.35. The van der Waals surface area contributed by atoms with Gasteiger partial charge >= 0.3 is 29.6 Å². The van der Waals surface area contributed by atoms with Crippen LogP contribution in [0.3, 0.4) is 0 Å². The van der Waals surface area contributed by atoms with Crippen LogP contribution in [0.4, 0.5) is 4.39 Å². The quantitative estimate of drug-likeness (QED) is 0.199. The largest absolute Gasteiger partial charge is 1.00 e. The molecule has 1 saturated carbocycles. The van der Waals surface area contributed by atoms with E-state index in [2.05, 4.69) is 31.9 Å². The first kappa shape index (κ1) is 31.2. The van der Waals surface area contributed by atoms with Crippen molar-refractivity contribution in [2.24, 2.45) is 5.90 Å². The molecule has 0 bridgehead atoms. The number of pyridine rings is 1. The summed E-state index contributed by atoms with van der Waals surface area (Å²) in [5, 5.41) is 30.0. The summed E-state index contributed by atoms with van der Waals surface area (Å²) in [7, 11) is -2.07. The summed E-state index contributed by atoms with van der Waals surface area (Å²) in [6.45, 7) is 1.91. The third-order valence-corrected chi connectivity index (χ3v) is 7.74. The number of nitrogens with zero attached hydrogens (tertiary/aromatic N) is 5. The van der Waals surface area contributed by atoms with E-state index < -0.39 is 14.4 Å². The molecule has 1 unspecified atom stereocenters. The zero-order valence-electron chi connectivity index (χ0n) is 21.4. The summed E-state index contributed by atoms with van der Waals surface area (Å²) in [6, 6.07) is 10.1. The Kier molecular flexibility index (Phi) is 11.9. The number of hydrogen-bond acceptors (Lipinski definition) is 9. The second-order valence-corrected chi connectivity index (χ2v) is 10.5. The number of nitrogens with two attached hydrogens (primary N) is 1. The van der Waals surface area contributed by atoms with Crippen LogP contribution in [0.15, 0.2) is 52.6 Å². The van der Waals surface area contributed by atoms with Crippen molar-refractivity contribution in [2.75, 3.05) is 0 Å². The maximum absolute atomic E-state index is 13.5. The molecular formula is C25H24FN7NaO3PS. The molecule has 1 aliphatic rings. The molecule has 1 aliphatic carbocycles. The number of aromatic nitrogens is 4. The van der Waals surface area contributed by atoms with Gasteiger partial charge in [0.2, 0.25) is 0 Å². The van der Waals surface area contributed by atoms with Crippen molar-refractivity contribution >= 4 is 25.9 Å². The van der Waals surface area contributed by atoms with Crippen LogP contribution in [-0.4, -0.2) is 25.9 Å². The molecule has 4 aromatic rings. The maximum atomic E-state index is 13.5. The zero-order valence-corrected chi connectivity index (χ0v) is 25.1. The van der Waals surface area contributed by atoms with Gasteiger partial charge in [-0.15, -0.1) is 0 Å². The van der Waals surface area contributed by atoms with Gasteiger partial charge in [0.25, 0.3) is 0 Å². The average molecular weight is 576 g/mol. The summed E-state index contributed by atoms with van der Waals surface area (Å²) in [6.07, 6.45) is 10.6. The molecule has 1 aromatic carbocycles. The average Bonchev–Trinajstić information content (AvgIpc) is 3.56. The molecular weight excluding hydrogens is 551 g/mol. The number of benzene rings is 1. The van der Waals surface area contributed by atoms with Crippen molar-refractivity contribution in [1.82, 2.24) is 19.8 Å². The van der Waals surface area contributed by atoms with Gasteiger partial charge in [0.1, 0.15) is 26.6 Å². The molecule has 10 nitrogen and oxygen atoms in total. The molecule has 0 radical (unpaired) electrons. The Labute approximate surface area is 252 Å². The Morgan fingerprint density at radius 3 is 2.54 bits per heavy atom. The summed E-state index contributed by atoms with van der Waals surface area (Å²) < 4.78 is 24.1. The zero-order chi connectivity index (χ0) is 27.1. The Morgan fingerprint density at radius 1 is 1.15 bits per heavy atom. The minimum atomic E-state index is -2.07. The summed E-state index contributed by atoms with van der Waals surface area (Å²) in [4.78, 5) is 12.0. The second kappa shape index (κ2) is 14.9. The number of fused-ring (bicyclic) bond motifs is 1. The van der Waals surface area contributed by atoms with Gasteiger partial charge in [-0.25, -0.2) is 14.8 Å². The summed E-state index contributed by atoms with van der Waals surface area (Å²) in [5.41, 5.74) is 3.98. The molecule has 3 N–H and O–H groups in total. The van der Waals surface area contributed by atoms with E-state index in [9.17, 15) is 19.8 Å². The summed E-state index contributed by atoms with van der Waals surface area (Å²) in [5.74, 6) is 4.21. The van der Waals surface area contributed by atoms with E-state index >= 15 is 0 Å². The second-order valence-electron chi connectivity index (χ2n) is 8.51. The monoisotopic (exact) mass is 575 g/mol. The minimum absolute atomic E-state index is 0. The fraction of sp³-hybridized carbons (Fsp3) is 0.280. The Bertz CT molecular complexity index is 1500. The van der Waals surface area contributed by atoms with Crippen LogP contribution in [0.25, 0.3) is 16.6 Å². The number of aromatic amines is 1. The van der Waals surface area contributed by atoms with E-state index in [0.717, 1.165) is 47.4 Å². The molecule has 39 heavy (non-hydrogen) atoms. The molecule has 1 atom stereocenters. The fourth-order valence-corrected chi connectivity index (χ4v) is 5.72. The van der Waals surface area contributed by atoms with E-state index in [1.165, 1.54) is 36.5 Å². The SMILES string of the molecule is Cc1[nH]ncc1-c1cc(Sc2ccc(F)cc2C#N)c2c(C#N)cnn2c1.NOP([O-])OC1CCCCC1.[Na+]. The predicted octanol–water partition coefficient (Wildman–Crippen LogP) is 1.88. The molecule has 0 amide bonds. The third kappa shape index (κ3) is 7.86. The first-order chi connectivity index (χ1) is 18.4. The van der Waals surface area contributed by atoms with Gasteiger partial charge in [-0.1, -0.05) is 31.0 Å². The van der Waals surface area contributed by atoms with E-state index in [-0.39, 0.29) is 41.2 Å². The number of H-pyrrole nitrogens is 1. The van der Waals surface area contributed by atoms with Gasteiger partial charge in [-0.05, 0) is 44.0 Å². The molecule has 14 heteroatoms. The molecule has 5 rings (SSSR count). The van der Waals surface area contributed by atoms with Crippen LogP contribution >= 0.6 is 20.4 Å². The molecule has 0 aliphatic heterocycles. The van der Waals surface area contributed by atoms with Crippen LogP contribution in [0.2, 0.25) is 0 Å². The van der Waals surface area contributed by atoms with Gasteiger partial charge in [-0.2, -0.15) is 20.7 Å². The van der Waals surface area contributed by atoms with Crippen molar-refractivity contribution in [1.29, 1.82) is 10.5 Å². The van der Waals surface area contributed by atoms with Crippen LogP contribution in [-0.2, 0) is 9.15 Å². The number of nitrogens with one attached hydrogen (secondary N) is 1. The van der Waals surface area contributed by atoms with E-state index in [1.807, 2.05) is 25.3 Å². The van der Waals surface area contributed by atoms with E-state index in [0.29, 0.717) is 16.0 Å². The molecule has 0 saturated heterocycles. The van der Waals surface area contributed by atoms with Gasteiger partial charge < -0.3 is 9.42 Å². The van der Waals surface area contributed by atoms with Gasteiger partial charge in [0.15, 0.2) is 0 Å². The standard InChI is InChI=1S/C19H11FN6S.C6H13NO3P.Na/c1-11-16(9-23-25-11)13-5-18(19-14(7-22)8-24-26(19)10-13)27-17-3-2-15(20)4-12(17)6-21;7-10-11(8)9-6-4-2-1-3-5-6;/h2-5,8-10H,1H3,(H,23,25);6H,1-5,7H2;/q;-1;+1.